The van der Waals surface area contributed by atoms with Gasteiger partial charge in [-0.05, 0) is 6.92 Å². The van der Waals surface area contributed by atoms with Crippen LogP contribution in [0.1, 0.15) is 18.8 Å². The molecule has 0 spiro atoms. The van der Waals surface area contributed by atoms with Crippen LogP contribution in [-0.4, -0.2) is 49.0 Å². The number of nitrogens with zero attached hydrogens (tertiary/aromatic N) is 2. The van der Waals surface area contributed by atoms with E-state index in [1.807, 2.05) is 0 Å². The number of imidazole rings is 1. The Bertz CT molecular complexity index is 439. The molecule has 1 atom stereocenters. The molecule has 17 heavy (non-hydrogen) atoms. The van der Waals surface area contributed by atoms with E-state index in [2.05, 4.69) is 14.7 Å². The van der Waals surface area contributed by atoms with Crippen LogP contribution in [0.2, 0.25) is 0 Å². The maximum atomic E-state index is 12.0. The second-order valence-electron chi connectivity index (χ2n) is 3.83. The number of morpholine rings is 1. The molecule has 2 rings (SSSR count). The van der Waals surface area contributed by atoms with E-state index in [-0.39, 0.29) is 6.04 Å². The lowest BCUT2D eigenvalue weighted by atomic mass is 10.3. The molecule has 96 valence electrons. The quantitative estimate of drug-likeness (QED) is 0.773. The van der Waals surface area contributed by atoms with Crippen molar-refractivity contribution in [1.29, 1.82) is 0 Å². The molecule has 1 aliphatic rings. The van der Waals surface area contributed by atoms with Crippen molar-refractivity contribution in [2.24, 2.45) is 0 Å². The molecule has 1 aliphatic heterocycles. The van der Waals surface area contributed by atoms with Gasteiger partial charge in [-0.1, -0.05) is 0 Å². The highest BCUT2D eigenvalue weighted by atomic mass is 32.2. The van der Waals surface area contributed by atoms with Gasteiger partial charge in [-0.15, -0.1) is 0 Å². The van der Waals surface area contributed by atoms with E-state index >= 15 is 0 Å². The third-order valence-electron chi connectivity index (χ3n) is 2.57. The second-order valence-corrected chi connectivity index (χ2v) is 5.53. The molecule has 7 nitrogen and oxygen atoms in total. The second kappa shape index (κ2) is 5.13. The lowest BCUT2D eigenvalue weighted by Gasteiger charge is -2.27. The number of rotatable bonds is 4. The van der Waals surface area contributed by atoms with Crippen molar-refractivity contribution < 1.29 is 13.2 Å². The van der Waals surface area contributed by atoms with Crippen molar-refractivity contribution in [1.82, 2.24) is 19.0 Å². The minimum absolute atomic E-state index is 0.377. The molecular formula is C9H16N4O3S. The summed E-state index contributed by atoms with van der Waals surface area (Å²) in [6, 6.07) is -0.377. The third-order valence-corrected chi connectivity index (χ3v) is 4.26. The average molecular weight is 260 g/mol. The molecule has 0 amide bonds. The highest BCUT2D eigenvalue weighted by molar-refractivity contribution is 7.87. The zero-order valence-electron chi connectivity index (χ0n) is 9.59. The summed E-state index contributed by atoms with van der Waals surface area (Å²) in [4.78, 5) is 6.90. The van der Waals surface area contributed by atoms with Gasteiger partial charge in [0.1, 0.15) is 5.82 Å². The molecule has 0 saturated carbocycles. The van der Waals surface area contributed by atoms with Gasteiger partial charge < -0.3 is 9.72 Å². The molecular weight excluding hydrogens is 244 g/mol. The van der Waals surface area contributed by atoms with Gasteiger partial charge in [-0.25, -0.2) is 4.98 Å². The predicted octanol–water partition coefficient (Wildman–Crippen LogP) is -0.363. The van der Waals surface area contributed by atoms with Gasteiger partial charge in [0, 0.05) is 25.5 Å². The molecule has 0 aliphatic carbocycles. The van der Waals surface area contributed by atoms with Crippen molar-refractivity contribution in [2.75, 3.05) is 26.3 Å². The van der Waals surface area contributed by atoms with Crippen molar-refractivity contribution in [2.45, 2.75) is 13.0 Å². The van der Waals surface area contributed by atoms with Gasteiger partial charge in [-0.2, -0.15) is 17.4 Å². The molecule has 1 aromatic rings. The fraction of sp³-hybridized carbons (Fsp3) is 0.667. The maximum absolute atomic E-state index is 12.0. The Balaban J connectivity index is 2.01. The number of nitrogens with one attached hydrogen (secondary N) is 2. The molecule has 2 heterocycles. The summed E-state index contributed by atoms with van der Waals surface area (Å²) in [5.41, 5.74) is 0. The van der Waals surface area contributed by atoms with Crippen molar-refractivity contribution in [3.63, 3.8) is 0 Å². The van der Waals surface area contributed by atoms with Gasteiger partial charge in [0.2, 0.25) is 0 Å². The molecule has 1 unspecified atom stereocenters. The first kappa shape index (κ1) is 12.5. The van der Waals surface area contributed by atoms with Crippen molar-refractivity contribution in [3.8, 4) is 0 Å². The van der Waals surface area contributed by atoms with E-state index in [1.165, 1.54) is 4.31 Å². The largest absolute Gasteiger partial charge is 0.379 e. The Labute approximate surface area is 100 Å². The molecule has 0 bridgehead atoms. The summed E-state index contributed by atoms with van der Waals surface area (Å²) in [5.74, 6) is 0.599. The van der Waals surface area contributed by atoms with Gasteiger partial charge >= 0.3 is 0 Å². The van der Waals surface area contributed by atoms with Gasteiger partial charge in [0.05, 0.1) is 19.3 Å². The van der Waals surface area contributed by atoms with E-state index in [0.717, 1.165) is 0 Å². The SMILES string of the molecule is CC(NS(=O)(=O)N1CCOCC1)c1ncc[nH]1. The molecule has 1 fully saturated rings. The Morgan fingerprint density at radius 3 is 2.82 bits per heavy atom. The van der Waals surface area contributed by atoms with E-state index in [1.54, 1.807) is 19.3 Å². The topological polar surface area (TPSA) is 87.3 Å². The molecule has 0 aromatic carbocycles. The van der Waals surface area contributed by atoms with Crippen LogP contribution in [0.25, 0.3) is 0 Å². The minimum Gasteiger partial charge on any atom is -0.379 e. The summed E-state index contributed by atoms with van der Waals surface area (Å²) < 4.78 is 33.1. The standard InChI is InChI=1S/C9H16N4O3S/c1-8(9-10-2-3-11-9)12-17(14,15)13-4-6-16-7-5-13/h2-3,8,12H,4-7H2,1H3,(H,10,11). The highest BCUT2D eigenvalue weighted by Crippen LogP contribution is 2.10. The Morgan fingerprint density at radius 1 is 1.53 bits per heavy atom. The van der Waals surface area contributed by atoms with Crippen LogP contribution >= 0.6 is 0 Å². The van der Waals surface area contributed by atoms with Crippen LogP contribution in [0.3, 0.4) is 0 Å². The maximum Gasteiger partial charge on any atom is 0.280 e. The number of ether oxygens (including phenoxy) is 1. The van der Waals surface area contributed by atoms with Crippen LogP contribution in [0.15, 0.2) is 12.4 Å². The van der Waals surface area contributed by atoms with Crippen LogP contribution in [0, 0.1) is 0 Å². The Kier molecular flexibility index (Phi) is 3.77. The fourth-order valence-corrected chi connectivity index (χ4v) is 2.99. The van der Waals surface area contributed by atoms with E-state index in [9.17, 15) is 8.42 Å². The fourth-order valence-electron chi connectivity index (χ4n) is 1.65. The molecule has 8 heteroatoms. The van der Waals surface area contributed by atoms with Gasteiger partial charge in [-0.3, -0.25) is 0 Å². The number of aromatic nitrogens is 2. The predicted molar refractivity (Wildman–Crippen MR) is 61.5 cm³/mol. The third kappa shape index (κ3) is 3.03. The van der Waals surface area contributed by atoms with E-state index in [0.29, 0.717) is 32.1 Å². The monoisotopic (exact) mass is 260 g/mol. The van der Waals surface area contributed by atoms with Crippen molar-refractivity contribution in [3.05, 3.63) is 18.2 Å². The lowest BCUT2D eigenvalue weighted by Crippen LogP contribution is -2.47. The summed E-state index contributed by atoms with van der Waals surface area (Å²) >= 11 is 0. The van der Waals surface area contributed by atoms with E-state index < -0.39 is 10.2 Å². The number of aromatic amines is 1. The van der Waals surface area contributed by atoms with Crippen LogP contribution < -0.4 is 4.72 Å². The Hall–Kier alpha value is -0.960. The molecule has 0 radical (unpaired) electrons. The lowest BCUT2D eigenvalue weighted by molar-refractivity contribution is 0.0723. The van der Waals surface area contributed by atoms with Crippen molar-refractivity contribution >= 4 is 10.2 Å². The summed E-state index contributed by atoms with van der Waals surface area (Å²) in [6.45, 7) is 3.41. The Morgan fingerprint density at radius 2 is 2.24 bits per heavy atom. The van der Waals surface area contributed by atoms with Crippen LogP contribution in [0.5, 0.6) is 0 Å². The molecule has 1 aromatic heterocycles. The normalized spacial score (nSPS) is 20.3. The first-order chi connectivity index (χ1) is 8.09. The number of hydrogen-bond donors (Lipinski definition) is 2. The van der Waals surface area contributed by atoms with E-state index in [4.69, 9.17) is 4.74 Å². The molecule has 2 N–H and O–H groups in total. The average Bonchev–Trinajstić information content (AvgIpc) is 2.83. The number of H-pyrrole nitrogens is 1. The highest BCUT2D eigenvalue weighted by Gasteiger charge is 2.26. The summed E-state index contributed by atoms with van der Waals surface area (Å²) in [7, 11) is -3.47. The summed E-state index contributed by atoms with van der Waals surface area (Å²) in [5, 5.41) is 0. The minimum atomic E-state index is -3.47. The van der Waals surface area contributed by atoms with Crippen LogP contribution in [-0.2, 0) is 14.9 Å². The smallest absolute Gasteiger partial charge is 0.280 e. The zero-order chi connectivity index (χ0) is 12.3. The summed E-state index contributed by atoms with van der Waals surface area (Å²) in [6.07, 6.45) is 3.25. The van der Waals surface area contributed by atoms with Gasteiger partial charge in [0.15, 0.2) is 0 Å². The van der Waals surface area contributed by atoms with Gasteiger partial charge in [0.25, 0.3) is 10.2 Å². The first-order valence-electron chi connectivity index (χ1n) is 5.44. The molecule has 1 saturated heterocycles. The number of hydrogen-bond acceptors (Lipinski definition) is 4. The zero-order valence-corrected chi connectivity index (χ0v) is 10.4. The van der Waals surface area contributed by atoms with Crippen LogP contribution in [0.4, 0.5) is 0 Å². The first-order valence-corrected chi connectivity index (χ1v) is 6.88.